The van der Waals surface area contributed by atoms with Gasteiger partial charge in [-0.05, 0) is 32.9 Å². The van der Waals surface area contributed by atoms with Gasteiger partial charge in [0.25, 0.3) is 0 Å². The van der Waals surface area contributed by atoms with Crippen molar-refractivity contribution in [2.45, 2.75) is 26.4 Å². The van der Waals surface area contributed by atoms with E-state index in [0.717, 1.165) is 22.7 Å². The van der Waals surface area contributed by atoms with E-state index in [0.29, 0.717) is 13.1 Å². The van der Waals surface area contributed by atoms with Crippen LogP contribution in [-0.4, -0.2) is 51.3 Å². The van der Waals surface area contributed by atoms with Crippen LogP contribution in [-0.2, 0) is 4.74 Å². The van der Waals surface area contributed by atoms with E-state index in [-0.39, 0.29) is 6.09 Å². The molecule has 0 saturated heterocycles. The van der Waals surface area contributed by atoms with Crippen LogP contribution in [0.15, 0.2) is 48.7 Å². The smallest absolute Gasteiger partial charge is 0.410 e. The molecule has 27 heavy (non-hydrogen) atoms. The van der Waals surface area contributed by atoms with Crippen LogP contribution in [0.3, 0.4) is 0 Å². The highest BCUT2D eigenvalue weighted by molar-refractivity contribution is 5.67. The van der Waals surface area contributed by atoms with Crippen molar-refractivity contribution in [3.8, 4) is 11.3 Å². The molecule has 3 aromatic rings. The summed E-state index contributed by atoms with van der Waals surface area (Å²) in [5.41, 5.74) is 2.27. The van der Waals surface area contributed by atoms with E-state index in [9.17, 15) is 4.79 Å². The van der Waals surface area contributed by atoms with Gasteiger partial charge in [-0.1, -0.05) is 30.3 Å². The number of benzene rings is 1. The standard InChI is InChI=1S/C20H25N5O2/c1-20(2,3)27-19(26)24(4)13-12-21-17-10-11-18-22-14-16(25(18)23-17)15-8-6-5-7-9-15/h5-11,14H,12-13H2,1-4H3,(H,21,23). The van der Waals surface area contributed by atoms with Crippen molar-refractivity contribution < 1.29 is 9.53 Å². The summed E-state index contributed by atoms with van der Waals surface area (Å²) in [6, 6.07) is 13.8. The number of ether oxygens (including phenoxy) is 1. The number of likely N-dealkylation sites (N-methyl/N-ethyl adjacent to an activating group) is 1. The highest BCUT2D eigenvalue weighted by Crippen LogP contribution is 2.20. The second kappa shape index (κ2) is 7.65. The van der Waals surface area contributed by atoms with Gasteiger partial charge in [0.05, 0.1) is 11.9 Å². The molecule has 0 fully saturated rings. The number of hydrogen-bond donors (Lipinski definition) is 1. The molecule has 1 aromatic carbocycles. The molecule has 0 unspecified atom stereocenters. The number of aromatic nitrogens is 3. The molecule has 2 aromatic heterocycles. The zero-order valence-electron chi connectivity index (χ0n) is 16.1. The molecule has 7 nitrogen and oxygen atoms in total. The summed E-state index contributed by atoms with van der Waals surface area (Å²) in [7, 11) is 1.72. The fourth-order valence-corrected chi connectivity index (χ4v) is 2.56. The van der Waals surface area contributed by atoms with Crippen molar-refractivity contribution in [2.75, 3.05) is 25.5 Å². The zero-order chi connectivity index (χ0) is 19.4. The molecule has 0 radical (unpaired) electrons. The van der Waals surface area contributed by atoms with Gasteiger partial charge in [-0.25, -0.2) is 14.3 Å². The molecule has 3 rings (SSSR count). The number of carbonyl (C=O) groups excluding carboxylic acids is 1. The molecular formula is C20H25N5O2. The van der Waals surface area contributed by atoms with E-state index >= 15 is 0 Å². The Morgan fingerprint density at radius 2 is 1.93 bits per heavy atom. The van der Waals surface area contributed by atoms with Crippen LogP contribution in [0.5, 0.6) is 0 Å². The number of amides is 1. The Labute approximate surface area is 159 Å². The summed E-state index contributed by atoms with van der Waals surface area (Å²) >= 11 is 0. The summed E-state index contributed by atoms with van der Waals surface area (Å²) in [4.78, 5) is 17.9. The second-order valence-corrected chi connectivity index (χ2v) is 7.33. The third kappa shape index (κ3) is 4.75. The summed E-state index contributed by atoms with van der Waals surface area (Å²) in [5, 5.41) is 7.87. The maximum atomic E-state index is 12.0. The predicted octanol–water partition coefficient (Wildman–Crippen LogP) is 3.68. The first kappa shape index (κ1) is 18.7. The lowest BCUT2D eigenvalue weighted by Gasteiger charge is -2.24. The van der Waals surface area contributed by atoms with Gasteiger partial charge in [-0.3, -0.25) is 0 Å². The zero-order valence-corrected chi connectivity index (χ0v) is 16.1. The number of fused-ring (bicyclic) bond motifs is 1. The highest BCUT2D eigenvalue weighted by Gasteiger charge is 2.19. The predicted molar refractivity (Wildman–Crippen MR) is 106 cm³/mol. The summed E-state index contributed by atoms with van der Waals surface area (Å²) < 4.78 is 7.16. The van der Waals surface area contributed by atoms with Crippen LogP contribution in [0, 0.1) is 0 Å². The molecule has 142 valence electrons. The molecule has 1 N–H and O–H groups in total. The molecular weight excluding hydrogens is 342 g/mol. The summed E-state index contributed by atoms with van der Waals surface area (Å²) in [6.45, 7) is 6.62. The van der Waals surface area contributed by atoms with Crippen LogP contribution in [0.25, 0.3) is 16.9 Å². The Hall–Kier alpha value is -3.09. The maximum absolute atomic E-state index is 12.0. The number of carbonyl (C=O) groups is 1. The van der Waals surface area contributed by atoms with Crippen LogP contribution in [0.4, 0.5) is 10.6 Å². The Balaban J connectivity index is 1.65. The normalized spacial score (nSPS) is 11.4. The van der Waals surface area contributed by atoms with Gasteiger partial charge in [0.15, 0.2) is 5.65 Å². The number of hydrogen-bond acceptors (Lipinski definition) is 5. The van der Waals surface area contributed by atoms with E-state index in [1.165, 1.54) is 0 Å². The van der Waals surface area contributed by atoms with Gasteiger partial charge in [0.1, 0.15) is 11.4 Å². The molecule has 1 amide bonds. The Bertz CT molecular complexity index is 915. The van der Waals surface area contributed by atoms with Crippen LogP contribution in [0.2, 0.25) is 0 Å². The monoisotopic (exact) mass is 367 g/mol. The lowest BCUT2D eigenvalue weighted by molar-refractivity contribution is 0.0305. The van der Waals surface area contributed by atoms with Gasteiger partial charge in [0.2, 0.25) is 0 Å². The Morgan fingerprint density at radius 1 is 1.19 bits per heavy atom. The highest BCUT2D eigenvalue weighted by atomic mass is 16.6. The SMILES string of the molecule is CN(CCNc1ccc2ncc(-c3ccccc3)n2n1)C(=O)OC(C)(C)C. The lowest BCUT2D eigenvalue weighted by atomic mass is 10.2. The fraction of sp³-hybridized carbons (Fsp3) is 0.350. The molecule has 0 bridgehead atoms. The fourth-order valence-electron chi connectivity index (χ4n) is 2.56. The van der Waals surface area contributed by atoms with Crippen molar-refractivity contribution in [1.82, 2.24) is 19.5 Å². The average molecular weight is 367 g/mol. The molecule has 0 atom stereocenters. The minimum atomic E-state index is -0.499. The minimum Gasteiger partial charge on any atom is -0.444 e. The van der Waals surface area contributed by atoms with Crippen LogP contribution < -0.4 is 5.32 Å². The Kier molecular flexibility index (Phi) is 5.30. The molecule has 0 aliphatic rings. The molecule has 0 aliphatic carbocycles. The third-order valence-corrected chi connectivity index (χ3v) is 3.89. The van der Waals surface area contributed by atoms with Gasteiger partial charge < -0.3 is 15.0 Å². The maximum Gasteiger partial charge on any atom is 0.410 e. The van der Waals surface area contributed by atoms with E-state index in [1.54, 1.807) is 11.9 Å². The first-order chi connectivity index (χ1) is 12.8. The number of nitrogens with zero attached hydrogens (tertiary/aromatic N) is 4. The molecule has 0 saturated carbocycles. The van der Waals surface area contributed by atoms with E-state index in [2.05, 4.69) is 15.4 Å². The summed E-state index contributed by atoms with van der Waals surface area (Å²) in [5.74, 6) is 0.718. The van der Waals surface area contributed by atoms with Crippen molar-refractivity contribution in [3.05, 3.63) is 48.7 Å². The first-order valence-corrected chi connectivity index (χ1v) is 8.92. The molecule has 0 spiro atoms. The van der Waals surface area contributed by atoms with Crippen molar-refractivity contribution in [3.63, 3.8) is 0 Å². The molecule has 7 heteroatoms. The average Bonchev–Trinajstić information content (AvgIpc) is 3.04. The summed E-state index contributed by atoms with van der Waals surface area (Å²) in [6.07, 6.45) is 1.48. The topological polar surface area (TPSA) is 71.8 Å². The van der Waals surface area contributed by atoms with Gasteiger partial charge in [0, 0.05) is 25.7 Å². The third-order valence-electron chi connectivity index (χ3n) is 3.89. The van der Waals surface area contributed by atoms with Crippen molar-refractivity contribution in [1.29, 1.82) is 0 Å². The number of anilines is 1. The number of nitrogens with one attached hydrogen (secondary N) is 1. The quantitative estimate of drug-likeness (QED) is 0.745. The van der Waals surface area contributed by atoms with Crippen LogP contribution in [0.1, 0.15) is 20.8 Å². The molecule has 2 heterocycles. The second-order valence-electron chi connectivity index (χ2n) is 7.33. The van der Waals surface area contributed by atoms with Crippen molar-refractivity contribution >= 4 is 17.6 Å². The Morgan fingerprint density at radius 3 is 2.63 bits per heavy atom. The van der Waals surface area contributed by atoms with Gasteiger partial charge in [-0.15, -0.1) is 5.10 Å². The first-order valence-electron chi connectivity index (χ1n) is 8.92. The molecule has 0 aliphatic heterocycles. The van der Waals surface area contributed by atoms with Crippen molar-refractivity contribution in [2.24, 2.45) is 0 Å². The van der Waals surface area contributed by atoms with E-state index < -0.39 is 5.60 Å². The van der Waals surface area contributed by atoms with E-state index in [1.807, 2.05) is 73.9 Å². The van der Waals surface area contributed by atoms with Crippen LogP contribution >= 0.6 is 0 Å². The lowest BCUT2D eigenvalue weighted by Crippen LogP contribution is -2.36. The van der Waals surface area contributed by atoms with Gasteiger partial charge >= 0.3 is 6.09 Å². The van der Waals surface area contributed by atoms with Gasteiger partial charge in [-0.2, -0.15) is 0 Å². The largest absolute Gasteiger partial charge is 0.444 e. The van der Waals surface area contributed by atoms with E-state index in [4.69, 9.17) is 4.74 Å². The minimum absolute atomic E-state index is 0.339. The number of imidazole rings is 1. The number of rotatable bonds is 5.